The molecule has 0 radical (unpaired) electrons. The molecule has 2 amide bonds. The van der Waals surface area contributed by atoms with E-state index in [-0.39, 0.29) is 23.8 Å². The summed E-state index contributed by atoms with van der Waals surface area (Å²) in [5.41, 5.74) is 14.2. The van der Waals surface area contributed by atoms with Crippen molar-refractivity contribution in [1.29, 1.82) is 0 Å². The molecule has 10 heteroatoms. The highest BCUT2D eigenvalue weighted by molar-refractivity contribution is 5.98. The van der Waals surface area contributed by atoms with Gasteiger partial charge >= 0.3 is 0 Å². The number of likely N-dealkylation sites (tertiary alicyclic amines) is 1. The molecule has 2 atom stereocenters. The number of nitrogen functional groups attached to an aromatic ring is 1. The fourth-order valence-electron chi connectivity index (χ4n) is 6.54. The minimum absolute atomic E-state index is 0.0254. The van der Waals surface area contributed by atoms with E-state index in [0.717, 1.165) is 87.8 Å². The maximum atomic E-state index is 13.2. The summed E-state index contributed by atoms with van der Waals surface area (Å²) in [6.45, 7) is 3.37. The van der Waals surface area contributed by atoms with Gasteiger partial charge in [-0.25, -0.2) is 14.6 Å². The number of primary amides is 1. The van der Waals surface area contributed by atoms with Crippen molar-refractivity contribution in [3.8, 4) is 22.8 Å². The highest BCUT2D eigenvalue weighted by Gasteiger charge is 2.28. The highest BCUT2D eigenvalue weighted by atomic mass is 16.5. The Morgan fingerprint density at radius 3 is 2.44 bits per heavy atom. The van der Waals surface area contributed by atoms with E-state index in [1.165, 1.54) is 19.2 Å². The van der Waals surface area contributed by atoms with Crippen LogP contribution in [0.5, 0.6) is 11.5 Å². The summed E-state index contributed by atoms with van der Waals surface area (Å²) in [5, 5.41) is 5.73. The second-order valence-electron chi connectivity index (χ2n) is 12.8. The van der Waals surface area contributed by atoms with Gasteiger partial charge in [-0.3, -0.25) is 9.59 Å². The van der Waals surface area contributed by atoms with Gasteiger partial charge in [-0.15, -0.1) is 0 Å². The van der Waals surface area contributed by atoms with Crippen molar-refractivity contribution in [3.63, 3.8) is 0 Å². The summed E-state index contributed by atoms with van der Waals surface area (Å²) in [4.78, 5) is 35.4. The second-order valence-corrected chi connectivity index (χ2v) is 12.8. The first-order chi connectivity index (χ1) is 23.4. The van der Waals surface area contributed by atoms with Crippen LogP contribution in [0.25, 0.3) is 22.3 Å². The molecule has 3 heterocycles. The van der Waals surface area contributed by atoms with Crippen LogP contribution in [0.1, 0.15) is 90.0 Å². The van der Waals surface area contributed by atoms with E-state index in [9.17, 15) is 9.59 Å². The zero-order chi connectivity index (χ0) is 33.7. The van der Waals surface area contributed by atoms with Gasteiger partial charge in [0.2, 0.25) is 11.8 Å². The number of carbonyl (C=O) groups is 2. The lowest BCUT2D eigenvalue weighted by atomic mass is 9.95. The van der Waals surface area contributed by atoms with Crippen molar-refractivity contribution < 1.29 is 14.3 Å². The summed E-state index contributed by atoms with van der Waals surface area (Å²) >= 11 is 0. The Balaban J connectivity index is 1.13. The molecule has 48 heavy (non-hydrogen) atoms. The Hall–Kier alpha value is -4.73. The molecule has 0 saturated carbocycles. The van der Waals surface area contributed by atoms with E-state index in [1.54, 1.807) is 6.08 Å². The van der Waals surface area contributed by atoms with Crippen molar-refractivity contribution in [1.82, 2.24) is 24.6 Å². The van der Waals surface area contributed by atoms with Crippen molar-refractivity contribution in [3.05, 3.63) is 73.1 Å². The van der Waals surface area contributed by atoms with E-state index in [4.69, 9.17) is 21.3 Å². The summed E-state index contributed by atoms with van der Waals surface area (Å²) in [7, 11) is 0. The van der Waals surface area contributed by atoms with Crippen LogP contribution >= 0.6 is 0 Å². The van der Waals surface area contributed by atoms with Gasteiger partial charge in [-0.2, -0.15) is 5.10 Å². The number of unbranched alkanes of at least 4 members (excludes halogenated alkanes) is 6. The molecule has 4 aromatic rings. The molecule has 5 rings (SSSR count). The Kier molecular flexibility index (Phi) is 12.6. The smallest absolute Gasteiger partial charge is 0.246 e. The number of aromatic nitrogens is 4. The van der Waals surface area contributed by atoms with Crippen molar-refractivity contribution >= 4 is 28.7 Å². The number of para-hydroxylation sites is 1. The summed E-state index contributed by atoms with van der Waals surface area (Å²) in [5.74, 6) is 1.78. The monoisotopic (exact) mass is 651 g/mol. The third-order valence-electron chi connectivity index (χ3n) is 9.15. The Morgan fingerprint density at radius 2 is 1.69 bits per heavy atom. The molecule has 2 aromatic carbocycles. The van der Waals surface area contributed by atoms with E-state index in [0.29, 0.717) is 29.1 Å². The lowest BCUT2D eigenvalue weighted by Crippen LogP contribution is -2.40. The molecule has 254 valence electrons. The van der Waals surface area contributed by atoms with Crippen molar-refractivity contribution in [2.75, 3.05) is 18.8 Å². The van der Waals surface area contributed by atoms with Gasteiger partial charge in [-0.1, -0.05) is 69.7 Å². The number of benzene rings is 2. The largest absolute Gasteiger partial charge is 0.457 e. The number of allylic oxidation sites excluding steroid dienone is 1. The first kappa shape index (κ1) is 34.6. The number of carbonyl (C=O) groups excluding carboxylic acids is 2. The molecule has 1 aliphatic rings. The first-order valence-corrected chi connectivity index (χ1v) is 17.5. The molecule has 2 aromatic heterocycles. The summed E-state index contributed by atoms with van der Waals surface area (Å²) in [6.07, 6.45) is 17.4. The molecule has 1 unspecified atom stereocenters. The van der Waals surface area contributed by atoms with Crippen LogP contribution in [-0.4, -0.2) is 49.6 Å². The van der Waals surface area contributed by atoms with Crippen LogP contribution in [0, 0.1) is 5.92 Å². The zero-order valence-corrected chi connectivity index (χ0v) is 28.1. The number of hydrogen-bond donors (Lipinski definition) is 2. The van der Waals surface area contributed by atoms with Crippen LogP contribution in [0.15, 0.2) is 73.1 Å². The fourth-order valence-corrected chi connectivity index (χ4v) is 6.54. The minimum Gasteiger partial charge on any atom is -0.457 e. The lowest BCUT2D eigenvalue weighted by molar-refractivity contribution is -0.127. The van der Waals surface area contributed by atoms with E-state index in [2.05, 4.69) is 16.9 Å². The second kappa shape index (κ2) is 17.4. The molecule has 1 saturated heterocycles. The molecule has 10 nitrogen and oxygen atoms in total. The fraction of sp³-hybridized carbons (Fsp3) is 0.447. The third kappa shape index (κ3) is 9.20. The van der Waals surface area contributed by atoms with Crippen LogP contribution in [0.3, 0.4) is 0 Å². The molecule has 4 N–H and O–H groups in total. The van der Waals surface area contributed by atoms with Crippen LogP contribution in [0.4, 0.5) is 5.82 Å². The van der Waals surface area contributed by atoms with Gasteiger partial charge in [0.05, 0.1) is 11.4 Å². The maximum Gasteiger partial charge on any atom is 0.246 e. The number of fused-ring (bicyclic) bond motifs is 1. The zero-order valence-electron chi connectivity index (χ0n) is 28.1. The van der Waals surface area contributed by atoms with E-state index in [1.807, 2.05) is 70.3 Å². The number of anilines is 1. The highest BCUT2D eigenvalue weighted by Crippen LogP contribution is 2.35. The number of hydrogen-bond acceptors (Lipinski definition) is 7. The summed E-state index contributed by atoms with van der Waals surface area (Å²) in [6, 6.07) is 17.4. The Bertz CT molecular complexity index is 1650. The van der Waals surface area contributed by atoms with Gasteiger partial charge in [0.25, 0.3) is 0 Å². The molecule has 0 bridgehead atoms. The van der Waals surface area contributed by atoms with E-state index >= 15 is 0 Å². The van der Waals surface area contributed by atoms with Crippen LogP contribution < -0.4 is 16.2 Å². The predicted molar refractivity (Wildman–Crippen MR) is 190 cm³/mol. The number of amides is 2. The van der Waals surface area contributed by atoms with E-state index < -0.39 is 0 Å². The van der Waals surface area contributed by atoms with Crippen LogP contribution in [0.2, 0.25) is 0 Å². The molecule has 1 fully saturated rings. The molecular weight excluding hydrogens is 602 g/mol. The standard InChI is InChI=1S/C38H49N7O3/c1-2-15-29(37(40)47)16-10-7-5-3-4-6-8-13-20-33(46)44-25-14-17-30(26-44)45-38-34(36(39)41-27-42-38)35(43-45)28-21-23-32(24-22-28)48-31-18-11-9-12-19-31/h9,11-13,18-24,27,29-30H,2-8,10,14-17,25-26H2,1H3,(H2,40,47)(H2,39,41,42)/b20-13+/t29?,30-/m1/s1. The number of nitrogens with zero attached hydrogens (tertiary/aromatic N) is 5. The predicted octanol–water partition coefficient (Wildman–Crippen LogP) is 7.61. The molecular formula is C38H49N7O3. The molecule has 0 aliphatic carbocycles. The first-order valence-electron chi connectivity index (χ1n) is 17.5. The number of nitrogens with two attached hydrogens (primary N) is 2. The topological polar surface area (TPSA) is 142 Å². The Labute approximate surface area is 283 Å². The van der Waals surface area contributed by atoms with Gasteiger partial charge in [0, 0.05) is 24.6 Å². The minimum atomic E-state index is -0.158. The SMILES string of the molecule is CCCC(CCCCCCCC/C=C/C(=O)N1CCC[C@@H](n2nc(-c3ccc(Oc4ccccc4)cc3)c3c(N)ncnc32)C1)C(N)=O. The quantitative estimate of drug-likeness (QED) is 0.0884. The molecule has 0 spiro atoms. The number of piperidine rings is 1. The van der Waals surface area contributed by atoms with Crippen molar-refractivity contribution in [2.45, 2.75) is 90.0 Å². The van der Waals surface area contributed by atoms with Gasteiger partial charge in [0.1, 0.15) is 29.3 Å². The lowest BCUT2D eigenvalue weighted by Gasteiger charge is -2.32. The average molecular weight is 652 g/mol. The van der Waals surface area contributed by atoms with Gasteiger partial charge in [-0.05, 0) is 81.0 Å². The Morgan fingerprint density at radius 1 is 0.958 bits per heavy atom. The maximum absolute atomic E-state index is 13.2. The molecule has 1 aliphatic heterocycles. The van der Waals surface area contributed by atoms with Crippen LogP contribution in [-0.2, 0) is 9.59 Å². The number of rotatable bonds is 17. The average Bonchev–Trinajstić information content (AvgIpc) is 3.50. The summed E-state index contributed by atoms with van der Waals surface area (Å²) < 4.78 is 7.90. The number of ether oxygens (including phenoxy) is 1. The van der Waals surface area contributed by atoms with Gasteiger partial charge < -0.3 is 21.1 Å². The van der Waals surface area contributed by atoms with Crippen molar-refractivity contribution in [2.24, 2.45) is 11.7 Å². The normalized spacial score (nSPS) is 15.6. The third-order valence-corrected chi connectivity index (χ3v) is 9.15. The van der Waals surface area contributed by atoms with Gasteiger partial charge in [0.15, 0.2) is 5.65 Å².